The Bertz CT molecular complexity index is 624. The largest absolute Gasteiger partial charge is 0.507 e. The molecule has 0 aromatic heterocycles. The minimum atomic E-state index is -0.283. The second-order valence-corrected chi connectivity index (χ2v) is 5.21. The summed E-state index contributed by atoms with van der Waals surface area (Å²) in [5.74, 6) is -0.0439. The fourth-order valence-corrected chi connectivity index (χ4v) is 2.38. The molecule has 1 atom stereocenters. The fourth-order valence-electron chi connectivity index (χ4n) is 2.38. The molecular weight excluding hydrogens is 266 g/mol. The van der Waals surface area contributed by atoms with E-state index in [2.05, 4.69) is 5.32 Å². The number of aromatic hydroxyl groups is 1. The summed E-state index contributed by atoms with van der Waals surface area (Å²) in [5.41, 5.74) is 0.285. The SMILES string of the molecule is CCC(CCO)CNC(=O)c1cc2ccccc2cc1O. The van der Waals surface area contributed by atoms with Crippen molar-refractivity contribution in [3.63, 3.8) is 0 Å². The second-order valence-electron chi connectivity index (χ2n) is 5.21. The first-order valence-corrected chi connectivity index (χ1v) is 7.26. The maximum absolute atomic E-state index is 12.2. The maximum Gasteiger partial charge on any atom is 0.255 e. The van der Waals surface area contributed by atoms with Gasteiger partial charge in [-0.15, -0.1) is 0 Å². The number of phenols is 1. The van der Waals surface area contributed by atoms with Gasteiger partial charge in [0.25, 0.3) is 5.91 Å². The number of aliphatic hydroxyl groups is 1. The van der Waals surface area contributed by atoms with E-state index in [1.54, 1.807) is 12.1 Å². The molecule has 0 saturated carbocycles. The van der Waals surface area contributed by atoms with Crippen molar-refractivity contribution in [2.45, 2.75) is 19.8 Å². The summed E-state index contributed by atoms with van der Waals surface area (Å²) in [6.07, 6.45) is 1.56. The number of rotatable bonds is 6. The molecule has 2 aromatic carbocycles. The second kappa shape index (κ2) is 7.09. The Kier molecular flexibility index (Phi) is 5.17. The van der Waals surface area contributed by atoms with Gasteiger partial charge in [0.2, 0.25) is 0 Å². The predicted molar refractivity (Wildman–Crippen MR) is 83.4 cm³/mol. The molecule has 0 heterocycles. The summed E-state index contributed by atoms with van der Waals surface area (Å²) in [4.78, 5) is 12.2. The summed E-state index contributed by atoms with van der Waals surface area (Å²) >= 11 is 0. The first-order valence-electron chi connectivity index (χ1n) is 7.26. The van der Waals surface area contributed by atoms with Gasteiger partial charge in [-0.1, -0.05) is 37.6 Å². The van der Waals surface area contributed by atoms with Gasteiger partial charge in [-0.05, 0) is 35.2 Å². The number of nitrogens with one attached hydrogen (secondary N) is 1. The van der Waals surface area contributed by atoms with Crippen molar-refractivity contribution in [2.75, 3.05) is 13.2 Å². The third-order valence-electron chi connectivity index (χ3n) is 3.77. The molecule has 0 saturated heterocycles. The van der Waals surface area contributed by atoms with Gasteiger partial charge in [0.15, 0.2) is 0 Å². The molecule has 2 rings (SSSR count). The van der Waals surface area contributed by atoms with Gasteiger partial charge in [-0.2, -0.15) is 0 Å². The lowest BCUT2D eigenvalue weighted by molar-refractivity contribution is 0.0941. The molecule has 0 aliphatic heterocycles. The number of fused-ring (bicyclic) bond motifs is 1. The molecule has 0 bridgehead atoms. The molecule has 3 N–H and O–H groups in total. The lowest BCUT2D eigenvalue weighted by Crippen LogP contribution is -2.29. The van der Waals surface area contributed by atoms with E-state index in [0.29, 0.717) is 13.0 Å². The maximum atomic E-state index is 12.2. The van der Waals surface area contributed by atoms with Gasteiger partial charge < -0.3 is 15.5 Å². The number of aliphatic hydroxyl groups excluding tert-OH is 1. The number of carbonyl (C=O) groups is 1. The smallest absolute Gasteiger partial charge is 0.255 e. The van der Waals surface area contributed by atoms with Crippen molar-refractivity contribution in [3.8, 4) is 5.75 Å². The van der Waals surface area contributed by atoms with Crippen molar-refractivity contribution in [2.24, 2.45) is 5.92 Å². The highest BCUT2D eigenvalue weighted by molar-refractivity contribution is 6.01. The Morgan fingerprint density at radius 1 is 1.24 bits per heavy atom. The van der Waals surface area contributed by atoms with E-state index in [1.165, 1.54) is 0 Å². The van der Waals surface area contributed by atoms with Crippen LogP contribution in [-0.2, 0) is 0 Å². The van der Waals surface area contributed by atoms with Crippen LogP contribution >= 0.6 is 0 Å². The van der Waals surface area contributed by atoms with E-state index in [1.807, 2.05) is 31.2 Å². The summed E-state index contributed by atoms with van der Waals surface area (Å²) in [5, 5.41) is 23.6. The van der Waals surface area contributed by atoms with Gasteiger partial charge in [0.1, 0.15) is 5.75 Å². The van der Waals surface area contributed by atoms with Gasteiger partial charge in [-0.3, -0.25) is 4.79 Å². The number of carbonyl (C=O) groups excluding carboxylic acids is 1. The quantitative estimate of drug-likeness (QED) is 0.765. The van der Waals surface area contributed by atoms with E-state index in [-0.39, 0.29) is 29.7 Å². The summed E-state index contributed by atoms with van der Waals surface area (Å²) in [7, 11) is 0. The topological polar surface area (TPSA) is 69.6 Å². The van der Waals surface area contributed by atoms with E-state index in [4.69, 9.17) is 5.11 Å². The lowest BCUT2D eigenvalue weighted by Gasteiger charge is -2.15. The Morgan fingerprint density at radius 3 is 2.52 bits per heavy atom. The van der Waals surface area contributed by atoms with Crippen LogP contribution in [-0.4, -0.2) is 29.3 Å². The average molecular weight is 287 g/mol. The van der Waals surface area contributed by atoms with Gasteiger partial charge >= 0.3 is 0 Å². The highest BCUT2D eigenvalue weighted by Crippen LogP contribution is 2.24. The molecule has 112 valence electrons. The molecule has 21 heavy (non-hydrogen) atoms. The molecule has 4 heteroatoms. The predicted octanol–water partition coefficient (Wildman–Crippen LogP) is 2.68. The van der Waals surface area contributed by atoms with Crippen molar-refractivity contribution in [3.05, 3.63) is 42.0 Å². The zero-order valence-electron chi connectivity index (χ0n) is 12.2. The molecule has 0 fully saturated rings. The molecular formula is C17H21NO3. The Labute approximate surface area is 124 Å². The Hall–Kier alpha value is -2.07. The molecule has 0 aliphatic rings. The van der Waals surface area contributed by atoms with Crippen LogP contribution in [0.4, 0.5) is 0 Å². The van der Waals surface area contributed by atoms with Crippen molar-refractivity contribution < 1.29 is 15.0 Å². The molecule has 0 aliphatic carbocycles. The standard InChI is InChI=1S/C17H21NO3/c1-2-12(7-8-19)11-18-17(21)15-9-13-5-3-4-6-14(13)10-16(15)20/h3-6,9-10,12,19-20H,2,7-8,11H2,1H3,(H,18,21). The Morgan fingerprint density at radius 2 is 1.90 bits per heavy atom. The molecule has 2 aromatic rings. The number of hydrogen-bond donors (Lipinski definition) is 3. The van der Waals surface area contributed by atoms with E-state index >= 15 is 0 Å². The minimum Gasteiger partial charge on any atom is -0.507 e. The van der Waals surface area contributed by atoms with Crippen LogP contribution in [0.5, 0.6) is 5.75 Å². The first-order chi connectivity index (χ1) is 10.2. The highest BCUT2D eigenvalue weighted by atomic mass is 16.3. The first kappa shape index (κ1) is 15.3. The summed E-state index contributed by atoms with van der Waals surface area (Å²) < 4.78 is 0. The van der Waals surface area contributed by atoms with E-state index in [0.717, 1.165) is 17.2 Å². The monoisotopic (exact) mass is 287 g/mol. The zero-order valence-corrected chi connectivity index (χ0v) is 12.2. The fraction of sp³-hybridized carbons (Fsp3) is 0.353. The van der Waals surface area contributed by atoms with Gasteiger partial charge in [-0.25, -0.2) is 0 Å². The van der Waals surface area contributed by atoms with Crippen LogP contribution in [0.3, 0.4) is 0 Å². The normalized spacial score (nSPS) is 12.3. The zero-order chi connectivity index (χ0) is 15.2. The summed E-state index contributed by atoms with van der Waals surface area (Å²) in [6.45, 7) is 2.65. The molecule has 1 amide bonds. The van der Waals surface area contributed by atoms with Crippen molar-refractivity contribution >= 4 is 16.7 Å². The van der Waals surface area contributed by atoms with Gasteiger partial charge in [0, 0.05) is 13.2 Å². The van der Waals surface area contributed by atoms with Crippen LogP contribution < -0.4 is 5.32 Å². The third kappa shape index (κ3) is 3.73. The molecule has 4 nitrogen and oxygen atoms in total. The molecule has 0 spiro atoms. The lowest BCUT2D eigenvalue weighted by atomic mass is 10.0. The highest BCUT2D eigenvalue weighted by Gasteiger charge is 2.14. The number of amides is 1. The average Bonchev–Trinajstić information content (AvgIpc) is 2.50. The number of phenolic OH excluding ortho intramolecular Hbond substituents is 1. The van der Waals surface area contributed by atoms with Crippen LogP contribution in [0.2, 0.25) is 0 Å². The van der Waals surface area contributed by atoms with Gasteiger partial charge in [0.05, 0.1) is 5.56 Å². The van der Waals surface area contributed by atoms with Crippen LogP contribution in [0.25, 0.3) is 10.8 Å². The molecule has 0 radical (unpaired) electrons. The van der Waals surface area contributed by atoms with Crippen molar-refractivity contribution in [1.82, 2.24) is 5.32 Å². The number of benzene rings is 2. The molecule has 1 unspecified atom stereocenters. The van der Waals surface area contributed by atoms with E-state index in [9.17, 15) is 9.90 Å². The minimum absolute atomic E-state index is 0.0126. The van der Waals surface area contributed by atoms with E-state index < -0.39 is 0 Å². The number of hydrogen-bond acceptors (Lipinski definition) is 3. The third-order valence-corrected chi connectivity index (χ3v) is 3.77. The Balaban J connectivity index is 2.13. The summed E-state index contributed by atoms with van der Waals surface area (Å²) in [6, 6.07) is 10.9. The van der Waals surface area contributed by atoms with Crippen LogP contribution in [0.1, 0.15) is 30.1 Å². The van der Waals surface area contributed by atoms with Crippen LogP contribution in [0.15, 0.2) is 36.4 Å². The van der Waals surface area contributed by atoms with Crippen molar-refractivity contribution in [1.29, 1.82) is 0 Å². The van der Waals surface area contributed by atoms with Crippen LogP contribution in [0, 0.1) is 5.92 Å².